The van der Waals surface area contributed by atoms with Gasteiger partial charge in [0.05, 0.1) is 5.69 Å². The first-order valence-corrected chi connectivity index (χ1v) is 10.2. The normalized spacial score (nSPS) is 20.0. The second-order valence-electron chi connectivity index (χ2n) is 7.75. The second-order valence-corrected chi connectivity index (χ2v) is 7.75. The Labute approximate surface area is 164 Å². The van der Waals surface area contributed by atoms with Crippen LogP contribution in [0.5, 0.6) is 0 Å². The van der Waals surface area contributed by atoms with E-state index in [9.17, 15) is 14.7 Å². The van der Waals surface area contributed by atoms with Gasteiger partial charge in [0.2, 0.25) is 0 Å². The van der Waals surface area contributed by atoms with E-state index in [2.05, 4.69) is 26.9 Å². The lowest BCUT2D eigenvalue weighted by Gasteiger charge is -2.24. The largest absolute Gasteiger partial charge is 0.477 e. The number of anilines is 1. The molecule has 1 atom stereocenters. The number of nitrogens with one attached hydrogen (secondary N) is 1. The lowest BCUT2D eigenvalue weighted by atomic mass is 10.0. The smallest absolute Gasteiger partial charge is 0.341 e. The molecule has 0 amide bonds. The summed E-state index contributed by atoms with van der Waals surface area (Å²) in [5.41, 5.74) is 2.89. The Kier molecular flexibility index (Phi) is 5.22. The van der Waals surface area contributed by atoms with Crippen LogP contribution >= 0.6 is 0 Å². The number of aromatic amines is 1. The van der Waals surface area contributed by atoms with E-state index in [1.807, 2.05) is 19.1 Å². The Bertz CT molecular complexity index is 914. The number of aromatic carboxylic acids is 1. The number of carboxylic acid groups (broad SMARTS) is 1. The summed E-state index contributed by atoms with van der Waals surface area (Å²) in [6, 6.07) is 10.4. The minimum Gasteiger partial charge on any atom is -0.477 e. The van der Waals surface area contributed by atoms with Crippen molar-refractivity contribution in [2.45, 2.75) is 38.6 Å². The molecule has 1 aromatic heterocycles. The maximum absolute atomic E-state index is 12.1. The highest BCUT2D eigenvalue weighted by Crippen LogP contribution is 2.28. The molecule has 148 valence electrons. The molecule has 2 aromatic rings. The van der Waals surface area contributed by atoms with Gasteiger partial charge in [-0.05, 0) is 68.1 Å². The van der Waals surface area contributed by atoms with Crippen molar-refractivity contribution in [3.05, 3.63) is 51.8 Å². The molecule has 1 aromatic carbocycles. The Balaban J connectivity index is 1.54. The van der Waals surface area contributed by atoms with E-state index in [0.29, 0.717) is 18.2 Å². The molecule has 2 aliphatic rings. The molecule has 2 aliphatic heterocycles. The van der Waals surface area contributed by atoms with Crippen molar-refractivity contribution in [2.24, 2.45) is 0 Å². The van der Waals surface area contributed by atoms with Crippen molar-refractivity contribution >= 4 is 11.7 Å². The number of pyridine rings is 1. The van der Waals surface area contributed by atoms with Gasteiger partial charge >= 0.3 is 5.97 Å². The molecule has 2 N–H and O–H groups in total. The van der Waals surface area contributed by atoms with Crippen LogP contribution in [0.15, 0.2) is 35.1 Å². The predicted octanol–water partition coefficient (Wildman–Crippen LogP) is 2.98. The van der Waals surface area contributed by atoms with Crippen LogP contribution in [0.4, 0.5) is 5.69 Å². The van der Waals surface area contributed by atoms with Gasteiger partial charge < -0.3 is 15.0 Å². The predicted molar refractivity (Wildman–Crippen MR) is 110 cm³/mol. The maximum atomic E-state index is 12.1. The molecule has 1 unspecified atom stereocenters. The molecule has 0 radical (unpaired) electrons. The summed E-state index contributed by atoms with van der Waals surface area (Å²) in [4.78, 5) is 31.2. The van der Waals surface area contributed by atoms with Crippen LogP contribution in [0.25, 0.3) is 11.3 Å². The highest BCUT2D eigenvalue weighted by Gasteiger charge is 2.29. The van der Waals surface area contributed by atoms with Crippen LogP contribution in [-0.2, 0) is 6.42 Å². The zero-order valence-corrected chi connectivity index (χ0v) is 16.3. The fourth-order valence-electron chi connectivity index (χ4n) is 4.49. The molecule has 6 heteroatoms. The maximum Gasteiger partial charge on any atom is 0.341 e. The molecule has 0 saturated carbocycles. The molecule has 4 rings (SSSR count). The van der Waals surface area contributed by atoms with Gasteiger partial charge in [0.25, 0.3) is 5.56 Å². The van der Waals surface area contributed by atoms with Gasteiger partial charge in [-0.3, -0.25) is 9.69 Å². The number of hydrogen-bond donors (Lipinski definition) is 2. The van der Waals surface area contributed by atoms with E-state index < -0.39 is 11.5 Å². The van der Waals surface area contributed by atoms with Crippen molar-refractivity contribution in [3.8, 4) is 11.3 Å². The number of hydrogen-bond acceptors (Lipinski definition) is 4. The third-order valence-electron chi connectivity index (χ3n) is 6.08. The molecule has 0 aliphatic carbocycles. The van der Waals surface area contributed by atoms with Gasteiger partial charge in [-0.25, -0.2) is 4.79 Å². The minimum atomic E-state index is -1.19. The lowest BCUT2D eigenvalue weighted by molar-refractivity contribution is 0.0695. The quantitative estimate of drug-likeness (QED) is 0.833. The molecule has 6 nitrogen and oxygen atoms in total. The minimum absolute atomic E-state index is 0.206. The summed E-state index contributed by atoms with van der Waals surface area (Å²) in [5.74, 6) is -1.19. The first kappa shape index (κ1) is 18.7. The van der Waals surface area contributed by atoms with Crippen LogP contribution in [0.3, 0.4) is 0 Å². The summed E-state index contributed by atoms with van der Waals surface area (Å²) in [7, 11) is 0. The van der Waals surface area contributed by atoms with Crippen LogP contribution in [0.2, 0.25) is 0 Å². The number of likely N-dealkylation sites (tertiary alicyclic amines) is 1. The van der Waals surface area contributed by atoms with Crippen LogP contribution in [0.1, 0.15) is 42.1 Å². The van der Waals surface area contributed by atoms with E-state index in [4.69, 9.17) is 0 Å². The highest BCUT2D eigenvalue weighted by molar-refractivity contribution is 5.88. The zero-order chi connectivity index (χ0) is 19.7. The Morgan fingerprint density at radius 1 is 1.18 bits per heavy atom. The first-order valence-electron chi connectivity index (χ1n) is 10.2. The van der Waals surface area contributed by atoms with Crippen LogP contribution < -0.4 is 10.5 Å². The molecule has 0 bridgehead atoms. The fourth-order valence-corrected chi connectivity index (χ4v) is 4.49. The summed E-state index contributed by atoms with van der Waals surface area (Å²) >= 11 is 0. The third kappa shape index (κ3) is 3.56. The zero-order valence-electron chi connectivity index (χ0n) is 16.3. The number of carboxylic acids is 1. The average Bonchev–Trinajstić information content (AvgIpc) is 3.39. The van der Waals surface area contributed by atoms with Gasteiger partial charge in [0, 0.05) is 24.8 Å². The second kappa shape index (κ2) is 7.80. The number of H-pyrrole nitrogens is 1. The van der Waals surface area contributed by atoms with E-state index in [1.165, 1.54) is 44.1 Å². The van der Waals surface area contributed by atoms with Gasteiger partial charge in [-0.1, -0.05) is 19.1 Å². The highest BCUT2D eigenvalue weighted by atomic mass is 16.4. The fraction of sp³-hybridized carbons (Fsp3) is 0.455. The summed E-state index contributed by atoms with van der Waals surface area (Å²) in [5, 5.41) is 9.18. The molecule has 0 spiro atoms. The van der Waals surface area contributed by atoms with Gasteiger partial charge in [0.15, 0.2) is 0 Å². The number of aromatic nitrogens is 1. The summed E-state index contributed by atoms with van der Waals surface area (Å²) in [6.45, 7) is 6.57. The van der Waals surface area contributed by atoms with E-state index in [1.54, 1.807) is 0 Å². The van der Waals surface area contributed by atoms with E-state index in [0.717, 1.165) is 24.2 Å². The number of rotatable bonds is 5. The number of benzene rings is 1. The van der Waals surface area contributed by atoms with Crippen molar-refractivity contribution in [1.29, 1.82) is 0 Å². The Morgan fingerprint density at radius 2 is 1.89 bits per heavy atom. The summed E-state index contributed by atoms with van der Waals surface area (Å²) in [6.07, 6.45) is 4.51. The molecular formula is C22H27N3O3. The van der Waals surface area contributed by atoms with E-state index in [-0.39, 0.29) is 5.56 Å². The third-order valence-corrected chi connectivity index (χ3v) is 6.08. The average molecular weight is 381 g/mol. The molecule has 2 fully saturated rings. The van der Waals surface area contributed by atoms with Crippen LogP contribution in [0, 0.1) is 0 Å². The van der Waals surface area contributed by atoms with E-state index >= 15 is 0 Å². The summed E-state index contributed by atoms with van der Waals surface area (Å²) < 4.78 is 0. The SMILES string of the molecule is CCc1cc(C(=O)O)c(=O)[nH]c1-c1ccc(N2CCC(N3CCCC3)C2)cc1. The van der Waals surface area contributed by atoms with Crippen LogP contribution in [-0.4, -0.2) is 53.2 Å². The van der Waals surface area contributed by atoms with Crippen molar-refractivity contribution < 1.29 is 9.90 Å². The van der Waals surface area contributed by atoms with Gasteiger partial charge in [-0.15, -0.1) is 0 Å². The van der Waals surface area contributed by atoms with Crippen molar-refractivity contribution in [2.75, 3.05) is 31.1 Å². The molecule has 2 saturated heterocycles. The van der Waals surface area contributed by atoms with Gasteiger partial charge in [-0.2, -0.15) is 0 Å². The van der Waals surface area contributed by atoms with Crippen molar-refractivity contribution in [3.63, 3.8) is 0 Å². The molecule has 28 heavy (non-hydrogen) atoms. The molecule has 3 heterocycles. The monoisotopic (exact) mass is 381 g/mol. The van der Waals surface area contributed by atoms with Gasteiger partial charge in [0.1, 0.15) is 5.56 Å². The van der Waals surface area contributed by atoms with Crippen molar-refractivity contribution in [1.82, 2.24) is 9.88 Å². The standard InChI is InChI=1S/C22H27N3O3/c1-2-15-13-19(22(27)28)21(26)23-20(15)16-5-7-17(8-6-16)25-12-9-18(14-25)24-10-3-4-11-24/h5-8,13,18H,2-4,9-12,14H2,1H3,(H,23,26)(H,27,28). The lowest BCUT2D eigenvalue weighted by Crippen LogP contribution is -2.35. The number of aryl methyl sites for hydroxylation is 1. The number of carbonyl (C=O) groups is 1. The Hall–Kier alpha value is -2.60. The molecular weight excluding hydrogens is 354 g/mol. The topological polar surface area (TPSA) is 76.6 Å². The first-order chi connectivity index (χ1) is 13.6. The number of nitrogens with zero attached hydrogens (tertiary/aromatic N) is 2. The Morgan fingerprint density at radius 3 is 2.54 bits per heavy atom.